The molecule has 0 saturated carbocycles. The van der Waals surface area contributed by atoms with Crippen molar-refractivity contribution >= 4 is 22.1 Å². The highest BCUT2D eigenvalue weighted by molar-refractivity contribution is 6.05. The van der Waals surface area contributed by atoms with Crippen molar-refractivity contribution in [3.63, 3.8) is 0 Å². The lowest BCUT2D eigenvalue weighted by Gasteiger charge is -2.23. The van der Waals surface area contributed by atoms with E-state index in [9.17, 15) is 13.2 Å². The SMILES string of the molecule is Cc1nnn(C)c1-c1cnc2c3c(c(C)nn3C)n(C(CCC(F)(F)F)c3ccccc3)c2c1. The van der Waals surface area contributed by atoms with Gasteiger partial charge in [0.05, 0.1) is 34.2 Å². The van der Waals surface area contributed by atoms with Gasteiger partial charge in [-0.2, -0.15) is 18.3 Å². The lowest BCUT2D eigenvalue weighted by Crippen LogP contribution is -2.16. The summed E-state index contributed by atoms with van der Waals surface area (Å²) < 4.78 is 45.5. The molecular formula is C24H24F3N7. The smallest absolute Gasteiger partial charge is 0.329 e. The Hall–Kier alpha value is -3.69. The Morgan fingerprint density at radius 1 is 0.971 bits per heavy atom. The molecule has 176 valence electrons. The van der Waals surface area contributed by atoms with Crippen LogP contribution in [0.1, 0.15) is 35.8 Å². The molecule has 0 saturated heterocycles. The summed E-state index contributed by atoms with van der Waals surface area (Å²) in [6.45, 7) is 3.74. The number of fused-ring (bicyclic) bond motifs is 3. The molecule has 0 radical (unpaired) electrons. The van der Waals surface area contributed by atoms with E-state index in [0.717, 1.165) is 44.8 Å². The number of alkyl halides is 3. The third-order valence-corrected chi connectivity index (χ3v) is 6.25. The summed E-state index contributed by atoms with van der Waals surface area (Å²) in [5.41, 5.74) is 6.94. The van der Waals surface area contributed by atoms with E-state index in [2.05, 4.69) is 15.4 Å². The fourth-order valence-electron chi connectivity index (χ4n) is 4.87. The van der Waals surface area contributed by atoms with Gasteiger partial charge in [-0.05, 0) is 31.9 Å². The number of nitrogens with zero attached hydrogens (tertiary/aromatic N) is 7. The van der Waals surface area contributed by atoms with Crippen molar-refractivity contribution in [2.45, 2.75) is 38.9 Å². The van der Waals surface area contributed by atoms with Gasteiger partial charge in [0.25, 0.3) is 0 Å². The average Bonchev–Trinajstić information content (AvgIpc) is 3.40. The molecule has 7 nitrogen and oxygen atoms in total. The Kier molecular flexibility index (Phi) is 5.18. The number of benzene rings is 1. The molecule has 5 rings (SSSR count). The third-order valence-electron chi connectivity index (χ3n) is 6.25. The Bertz CT molecular complexity index is 1470. The Labute approximate surface area is 193 Å². The van der Waals surface area contributed by atoms with E-state index in [0.29, 0.717) is 5.52 Å². The van der Waals surface area contributed by atoms with Gasteiger partial charge in [-0.25, -0.2) is 4.68 Å². The molecule has 1 aromatic carbocycles. The minimum absolute atomic E-state index is 0.1000. The first-order valence-electron chi connectivity index (χ1n) is 11.0. The number of aromatic nitrogens is 7. The van der Waals surface area contributed by atoms with Crippen LogP contribution >= 0.6 is 0 Å². The Morgan fingerprint density at radius 3 is 2.35 bits per heavy atom. The average molecular weight is 467 g/mol. The van der Waals surface area contributed by atoms with E-state index in [4.69, 9.17) is 4.98 Å². The van der Waals surface area contributed by atoms with Crippen molar-refractivity contribution in [3.8, 4) is 11.3 Å². The van der Waals surface area contributed by atoms with Crippen molar-refractivity contribution in [2.24, 2.45) is 14.1 Å². The molecule has 0 amide bonds. The van der Waals surface area contributed by atoms with Crippen LogP contribution in [0.2, 0.25) is 0 Å². The highest BCUT2D eigenvalue weighted by atomic mass is 19.4. The topological polar surface area (TPSA) is 66.3 Å². The second-order valence-corrected chi connectivity index (χ2v) is 8.60. The number of hydrogen-bond donors (Lipinski definition) is 0. The fraction of sp³-hybridized carbons (Fsp3) is 0.333. The van der Waals surface area contributed by atoms with Crippen LogP contribution in [-0.2, 0) is 14.1 Å². The van der Waals surface area contributed by atoms with E-state index in [-0.39, 0.29) is 6.42 Å². The summed E-state index contributed by atoms with van der Waals surface area (Å²) in [5, 5.41) is 12.8. The molecule has 34 heavy (non-hydrogen) atoms. The van der Waals surface area contributed by atoms with Gasteiger partial charge >= 0.3 is 6.18 Å². The zero-order chi connectivity index (χ0) is 24.2. The van der Waals surface area contributed by atoms with Gasteiger partial charge in [0.15, 0.2) is 0 Å². The monoisotopic (exact) mass is 467 g/mol. The van der Waals surface area contributed by atoms with Crippen LogP contribution in [-0.4, -0.2) is 40.5 Å². The van der Waals surface area contributed by atoms with Gasteiger partial charge in [-0.3, -0.25) is 9.67 Å². The second kappa shape index (κ2) is 7.96. The van der Waals surface area contributed by atoms with Crippen LogP contribution in [0.4, 0.5) is 13.2 Å². The number of rotatable bonds is 5. The Balaban J connectivity index is 1.82. The lowest BCUT2D eigenvalue weighted by molar-refractivity contribution is -0.136. The van der Waals surface area contributed by atoms with Crippen LogP contribution in [0.3, 0.4) is 0 Å². The largest absolute Gasteiger partial charge is 0.389 e. The van der Waals surface area contributed by atoms with Crippen molar-refractivity contribution in [1.82, 2.24) is 34.3 Å². The minimum Gasteiger partial charge on any atom is -0.329 e. The zero-order valence-corrected chi connectivity index (χ0v) is 19.3. The van der Waals surface area contributed by atoms with Crippen molar-refractivity contribution in [3.05, 3.63) is 59.5 Å². The first-order chi connectivity index (χ1) is 16.2. The van der Waals surface area contributed by atoms with Crippen LogP contribution < -0.4 is 0 Å². The van der Waals surface area contributed by atoms with Crippen LogP contribution in [0.5, 0.6) is 0 Å². The summed E-state index contributed by atoms with van der Waals surface area (Å²) in [5.74, 6) is 0. The standard InChI is InChI=1S/C24H24F3N7/c1-14-21(33(4)31-29-14)17-12-19-20(28-13-17)23-22(15(2)30-32(23)3)34(19)18(10-11-24(25,26)27)16-8-6-5-7-9-16/h5-9,12-13,18H,10-11H2,1-4H3. The number of aryl methyl sites for hydroxylation is 4. The van der Waals surface area contributed by atoms with Crippen molar-refractivity contribution in [1.29, 1.82) is 0 Å². The molecule has 0 spiro atoms. The van der Waals surface area contributed by atoms with E-state index < -0.39 is 18.6 Å². The molecule has 1 atom stereocenters. The van der Waals surface area contributed by atoms with Crippen molar-refractivity contribution in [2.75, 3.05) is 0 Å². The van der Waals surface area contributed by atoms with Gasteiger partial charge < -0.3 is 4.57 Å². The molecule has 5 aromatic rings. The maximum Gasteiger partial charge on any atom is 0.389 e. The molecule has 0 aliphatic carbocycles. The second-order valence-electron chi connectivity index (χ2n) is 8.60. The molecule has 4 aromatic heterocycles. The maximum atomic E-state index is 13.4. The Morgan fingerprint density at radius 2 is 1.71 bits per heavy atom. The minimum atomic E-state index is -4.26. The van der Waals surface area contributed by atoms with Crippen LogP contribution in [0.25, 0.3) is 33.3 Å². The first kappa shape index (κ1) is 22.1. The summed E-state index contributed by atoms with van der Waals surface area (Å²) >= 11 is 0. The number of hydrogen-bond acceptors (Lipinski definition) is 4. The van der Waals surface area contributed by atoms with E-state index in [1.807, 2.05) is 61.9 Å². The van der Waals surface area contributed by atoms with Gasteiger partial charge in [-0.1, -0.05) is 35.5 Å². The lowest BCUT2D eigenvalue weighted by atomic mass is 10.0. The molecule has 0 N–H and O–H groups in total. The van der Waals surface area contributed by atoms with Crippen molar-refractivity contribution < 1.29 is 13.2 Å². The molecule has 4 heterocycles. The molecule has 0 fully saturated rings. The fourth-order valence-corrected chi connectivity index (χ4v) is 4.87. The number of halogens is 3. The van der Waals surface area contributed by atoms with Crippen LogP contribution in [0.15, 0.2) is 42.6 Å². The van der Waals surface area contributed by atoms with Gasteiger partial charge in [-0.15, -0.1) is 5.10 Å². The predicted octanol–water partition coefficient (Wildman–Crippen LogP) is 5.27. The first-order valence-corrected chi connectivity index (χ1v) is 11.0. The normalized spacial score (nSPS) is 13.3. The highest BCUT2D eigenvalue weighted by Gasteiger charge is 2.32. The quantitative estimate of drug-likeness (QED) is 0.353. The van der Waals surface area contributed by atoms with Gasteiger partial charge in [0.1, 0.15) is 11.0 Å². The molecule has 0 aliphatic heterocycles. The van der Waals surface area contributed by atoms with E-state index in [1.54, 1.807) is 22.6 Å². The van der Waals surface area contributed by atoms with E-state index >= 15 is 0 Å². The van der Waals surface area contributed by atoms with Gasteiger partial charge in [0, 0.05) is 32.3 Å². The summed E-state index contributed by atoms with van der Waals surface area (Å²) in [6.07, 6.45) is -3.50. The maximum absolute atomic E-state index is 13.4. The highest BCUT2D eigenvalue weighted by Crippen LogP contribution is 2.39. The van der Waals surface area contributed by atoms with E-state index in [1.165, 1.54) is 0 Å². The zero-order valence-electron chi connectivity index (χ0n) is 19.3. The molecule has 10 heteroatoms. The molecule has 1 unspecified atom stereocenters. The summed E-state index contributed by atoms with van der Waals surface area (Å²) in [7, 11) is 3.64. The molecule has 0 aliphatic rings. The third kappa shape index (κ3) is 3.63. The van der Waals surface area contributed by atoms with Gasteiger partial charge in [0.2, 0.25) is 0 Å². The molecule has 0 bridgehead atoms. The van der Waals surface area contributed by atoms with Crippen LogP contribution in [0, 0.1) is 13.8 Å². The number of pyridine rings is 1. The summed E-state index contributed by atoms with van der Waals surface area (Å²) in [6, 6.07) is 10.7. The molecular weight excluding hydrogens is 443 g/mol. The summed E-state index contributed by atoms with van der Waals surface area (Å²) in [4.78, 5) is 4.75. The predicted molar refractivity (Wildman–Crippen MR) is 123 cm³/mol.